The van der Waals surface area contributed by atoms with E-state index in [1.165, 1.54) is 17.8 Å². The first-order valence-electron chi connectivity index (χ1n) is 8.58. The van der Waals surface area contributed by atoms with Crippen molar-refractivity contribution in [3.63, 3.8) is 0 Å². The quantitative estimate of drug-likeness (QED) is 0.880. The van der Waals surface area contributed by atoms with Crippen LogP contribution in [0.2, 0.25) is 0 Å². The van der Waals surface area contributed by atoms with Crippen molar-refractivity contribution in [2.24, 2.45) is 5.41 Å². The molecule has 1 spiro atoms. The number of thiophene rings is 1. The highest BCUT2D eigenvalue weighted by Crippen LogP contribution is 2.36. The van der Waals surface area contributed by atoms with Gasteiger partial charge in [-0.2, -0.15) is 0 Å². The molecule has 0 bridgehead atoms. The van der Waals surface area contributed by atoms with Crippen LogP contribution in [0.3, 0.4) is 0 Å². The summed E-state index contributed by atoms with van der Waals surface area (Å²) in [7, 11) is 0. The van der Waals surface area contributed by atoms with Gasteiger partial charge in [-0.05, 0) is 42.7 Å². The van der Waals surface area contributed by atoms with Crippen LogP contribution >= 0.6 is 23.7 Å². The number of nitrogens with one attached hydrogen (secondary N) is 1. The predicted octanol–water partition coefficient (Wildman–Crippen LogP) is 1.87. The Labute approximate surface area is 156 Å². The molecular formula is C17H23ClN4O2S. The fraction of sp³-hybridized carbons (Fsp3) is 0.588. The SMILES string of the molecule is Cl.O=C(CCn1cnc2sccc2c1=O)N1CCC2(CCNC2)CC1. The molecule has 136 valence electrons. The third-order valence-corrected chi connectivity index (χ3v) is 6.35. The second-order valence-electron chi connectivity index (χ2n) is 6.94. The lowest BCUT2D eigenvalue weighted by Crippen LogP contribution is -2.44. The van der Waals surface area contributed by atoms with E-state index in [9.17, 15) is 9.59 Å². The summed E-state index contributed by atoms with van der Waals surface area (Å²) in [6.45, 7) is 4.29. The van der Waals surface area contributed by atoms with Crippen LogP contribution in [0.25, 0.3) is 10.2 Å². The molecule has 1 amide bonds. The summed E-state index contributed by atoms with van der Waals surface area (Å²) in [6.07, 6.45) is 5.34. The second-order valence-corrected chi connectivity index (χ2v) is 7.83. The number of nitrogens with zero attached hydrogens (tertiary/aromatic N) is 3. The van der Waals surface area contributed by atoms with Gasteiger partial charge in [0.2, 0.25) is 5.91 Å². The van der Waals surface area contributed by atoms with Gasteiger partial charge >= 0.3 is 0 Å². The first kappa shape index (κ1) is 18.4. The molecule has 4 rings (SSSR count). The summed E-state index contributed by atoms with van der Waals surface area (Å²) < 4.78 is 1.55. The summed E-state index contributed by atoms with van der Waals surface area (Å²) >= 11 is 1.46. The van der Waals surface area contributed by atoms with Gasteiger partial charge in [0.15, 0.2) is 0 Å². The number of fused-ring (bicyclic) bond motifs is 1. The van der Waals surface area contributed by atoms with Crippen LogP contribution in [0.4, 0.5) is 0 Å². The van der Waals surface area contributed by atoms with Crippen LogP contribution < -0.4 is 10.9 Å². The number of rotatable bonds is 3. The van der Waals surface area contributed by atoms with Gasteiger partial charge in [-0.1, -0.05) is 0 Å². The number of carbonyl (C=O) groups excluding carboxylic acids is 1. The van der Waals surface area contributed by atoms with Gasteiger partial charge < -0.3 is 10.2 Å². The second kappa shape index (κ2) is 7.43. The third-order valence-electron chi connectivity index (χ3n) is 5.53. The molecule has 0 saturated carbocycles. The molecule has 6 nitrogen and oxygen atoms in total. The van der Waals surface area contributed by atoms with Crippen molar-refractivity contribution in [2.45, 2.75) is 32.2 Å². The highest BCUT2D eigenvalue weighted by atomic mass is 35.5. The molecule has 2 aliphatic rings. The lowest BCUT2D eigenvalue weighted by Gasteiger charge is -2.39. The average molecular weight is 383 g/mol. The molecule has 2 aliphatic heterocycles. The molecule has 4 heterocycles. The molecule has 8 heteroatoms. The maximum absolute atomic E-state index is 12.5. The number of hydrogen-bond acceptors (Lipinski definition) is 5. The standard InChI is InChI=1S/C17H22N4O2S.ClH/c22-14(20-8-4-17(5-9-20)3-6-18-11-17)1-7-21-12-19-15-13(16(21)23)2-10-24-15;/h2,10,12,18H,1,3-9,11H2;1H. The van der Waals surface area contributed by atoms with E-state index in [-0.39, 0.29) is 23.9 Å². The van der Waals surface area contributed by atoms with Crippen molar-refractivity contribution in [2.75, 3.05) is 26.2 Å². The van der Waals surface area contributed by atoms with Crippen molar-refractivity contribution in [1.82, 2.24) is 19.8 Å². The summed E-state index contributed by atoms with van der Waals surface area (Å²) in [5, 5.41) is 5.96. The van der Waals surface area contributed by atoms with Crippen LogP contribution in [-0.2, 0) is 11.3 Å². The molecule has 2 fully saturated rings. The molecule has 0 radical (unpaired) electrons. The number of piperidine rings is 1. The highest BCUT2D eigenvalue weighted by molar-refractivity contribution is 7.16. The lowest BCUT2D eigenvalue weighted by molar-refractivity contribution is -0.133. The number of hydrogen-bond donors (Lipinski definition) is 1. The Bertz CT molecular complexity index is 802. The fourth-order valence-electron chi connectivity index (χ4n) is 3.88. The number of likely N-dealkylation sites (tertiary alicyclic amines) is 1. The minimum atomic E-state index is -0.0522. The molecule has 2 aromatic heterocycles. The Morgan fingerprint density at radius 1 is 1.32 bits per heavy atom. The number of amides is 1. The summed E-state index contributed by atoms with van der Waals surface area (Å²) in [6, 6.07) is 1.80. The van der Waals surface area contributed by atoms with Gasteiger partial charge in [0.25, 0.3) is 5.56 Å². The molecule has 2 saturated heterocycles. The van der Waals surface area contributed by atoms with Gasteiger partial charge in [-0.15, -0.1) is 23.7 Å². The number of aryl methyl sites for hydroxylation is 1. The molecule has 0 aromatic carbocycles. The van der Waals surface area contributed by atoms with E-state index >= 15 is 0 Å². The summed E-state index contributed by atoms with van der Waals surface area (Å²) in [4.78, 5) is 31.8. The Morgan fingerprint density at radius 2 is 2.12 bits per heavy atom. The molecule has 25 heavy (non-hydrogen) atoms. The minimum absolute atomic E-state index is 0. The van der Waals surface area contributed by atoms with E-state index < -0.39 is 0 Å². The molecule has 0 aliphatic carbocycles. The fourth-order valence-corrected chi connectivity index (χ4v) is 4.60. The van der Waals surface area contributed by atoms with Gasteiger partial charge in [0.1, 0.15) is 4.83 Å². The van der Waals surface area contributed by atoms with E-state index in [0.717, 1.165) is 43.9 Å². The van der Waals surface area contributed by atoms with Crippen LogP contribution in [0, 0.1) is 5.41 Å². The zero-order valence-corrected chi connectivity index (χ0v) is 15.7. The molecule has 1 N–H and O–H groups in total. The minimum Gasteiger partial charge on any atom is -0.343 e. The maximum Gasteiger partial charge on any atom is 0.262 e. The van der Waals surface area contributed by atoms with Crippen LogP contribution in [-0.4, -0.2) is 46.5 Å². The van der Waals surface area contributed by atoms with Crippen molar-refractivity contribution in [3.05, 3.63) is 28.1 Å². The monoisotopic (exact) mass is 382 g/mol. The average Bonchev–Trinajstić information content (AvgIpc) is 3.25. The van der Waals surface area contributed by atoms with Crippen molar-refractivity contribution >= 4 is 39.9 Å². The zero-order chi connectivity index (χ0) is 16.6. The van der Waals surface area contributed by atoms with Gasteiger partial charge in [-0.3, -0.25) is 14.2 Å². The summed E-state index contributed by atoms with van der Waals surface area (Å²) in [5.74, 6) is 0.146. The van der Waals surface area contributed by atoms with Gasteiger partial charge in [0.05, 0.1) is 11.7 Å². The van der Waals surface area contributed by atoms with Crippen molar-refractivity contribution in [1.29, 1.82) is 0 Å². The largest absolute Gasteiger partial charge is 0.343 e. The van der Waals surface area contributed by atoms with Gasteiger partial charge in [-0.25, -0.2) is 4.98 Å². The van der Waals surface area contributed by atoms with Crippen LogP contribution in [0.1, 0.15) is 25.7 Å². The van der Waals surface area contributed by atoms with Gasteiger partial charge in [0, 0.05) is 32.6 Å². The molecular weight excluding hydrogens is 360 g/mol. The molecule has 0 atom stereocenters. The van der Waals surface area contributed by atoms with E-state index in [4.69, 9.17) is 0 Å². The molecule has 0 unspecified atom stereocenters. The van der Waals surface area contributed by atoms with Crippen molar-refractivity contribution < 1.29 is 4.79 Å². The van der Waals surface area contributed by atoms with E-state index in [2.05, 4.69) is 10.3 Å². The van der Waals surface area contributed by atoms with Crippen LogP contribution in [0.15, 0.2) is 22.6 Å². The Morgan fingerprint density at radius 3 is 2.84 bits per heavy atom. The molecule has 2 aromatic rings. The third kappa shape index (κ3) is 3.59. The highest BCUT2D eigenvalue weighted by Gasteiger charge is 2.37. The number of aromatic nitrogens is 2. The first-order valence-corrected chi connectivity index (χ1v) is 9.46. The van der Waals surface area contributed by atoms with E-state index in [0.29, 0.717) is 23.8 Å². The number of halogens is 1. The Balaban J connectivity index is 0.00000182. The predicted molar refractivity (Wildman–Crippen MR) is 101 cm³/mol. The van der Waals surface area contributed by atoms with Crippen LogP contribution in [0.5, 0.6) is 0 Å². The summed E-state index contributed by atoms with van der Waals surface area (Å²) in [5.41, 5.74) is 0.366. The first-order chi connectivity index (χ1) is 11.7. The normalized spacial score (nSPS) is 19.3. The number of carbonyl (C=O) groups is 1. The van der Waals surface area contributed by atoms with E-state index in [1.54, 1.807) is 17.0 Å². The topological polar surface area (TPSA) is 67.2 Å². The van der Waals surface area contributed by atoms with Crippen molar-refractivity contribution in [3.8, 4) is 0 Å². The lowest BCUT2D eigenvalue weighted by atomic mass is 9.78. The smallest absolute Gasteiger partial charge is 0.262 e. The zero-order valence-electron chi connectivity index (χ0n) is 14.1. The Hall–Kier alpha value is -1.44. The van der Waals surface area contributed by atoms with E-state index in [1.807, 2.05) is 10.3 Å². The Kier molecular flexibility index (Phi) is 5.46. The maximum atomic E-state index is 12.5.